The van der Waals surface area contributed by atoms with Crippen molar-refractivity contribution in [3.05, 3.63) is 81.7 Å². The first-order chi connectivity index (χ1) is 16.2. The van der Waals surface area contributed by atoms with Crippen LogP contribution < -0.4 is 21.1 Å². The average molecular weight is 501 g/mol. The highest BCUT2D eigenvalue weighted by molar-refractivity contribution is 6.32. The van der Waals surface area contributed by atoms with E-state index in [2.05, 4.69) is 15.6 Å². The van der Waals surface area contributed by atoms with Crippen LogP contribution in [0.4, 0.5) is 15.8 Å². The number of rotatable bonds is 6. The zero-order valence-corrected chi connectivity index (χ0v) is 19.4. The number of ether oxygens (including phenoxy) is 1. The lowest BCUT2D eigenvalue weighted by atomic mass is 10.2. The van der Waals surface area contributed by atoms with Crippen molar-refractivity contribution in [3.8, 4) is 11.5 Å². The van der Waals surface area contributed by atoms with Crippen molar-refractivity contribution in [2.45, 2.75) is 13.5 Å². The first-order valence-corrected chi connectivity index (χ1v) is 10.8. The smallest absolute Gasteiger partial charge is 0.267 e. The van der Waals surface area contributed by atoms with Crippen LogP contribution in [0.3, 0.4) is 0 Å². The Balaban J connectivity index is 1.50. The van der Waals surface area contributed by atoms with E-state index in [1.807, 2.05) is 0 Å². The number of carbonyl (C=O) groups is 2. The van der Waals surface area contributed by atoms with Crippen LogP contribution >= 0.6 is 23.2 Å². The van der Waals surface area contributed by atoms with Crippen molar-refractivity contribution in [1.82, 2.24) is 10.3 Å². The van der Waals surface area contributed by atoms with Crippen LogP contribution in [0.1, 0.15) is 23.0 Å². The van der Waals surface area contributed by atoms with Crippen LogP contribution in [0.5, 0.6) is 11.5 Å². The van der Waals surface area contributed by atoms with Gasteiger partial charge in [-0.2, -0.15) is 0 Å². The Morgan fingerprint density at radius 2 is 1.88 bits per heavy atom. The standard InChI is InChI=1S/C24H19Cl2FN4O3/c1-12(32)30-17-3-5-20-14(6-17)7-21(31-20)24(33)29-11-13-2-4-19(26)23(22(13)27)34-18-9-15(25)8-16(28)10-18/h2-10,31H,11,28H2,1H3,(H,29,33)(H,30,32). The van der Waals surface area contributed by atoms with Gasteiger partial charge in [0.05, 0.1) is 5.02 Å². The highest BCUT2D eigenvalue weighted by atomic mass is 35.5. The van der Waals surface area contributed by atoms with E-state index < -0.39 is 11.7 Å². The molecule has 4 aromatic rings. The lowest BCUT2D eigenvalue weighted by Gasteiger charge is -2.13. The van der Waals surface area contributed by atoms with Crippen LogP contribution in [-0.4, -0.2) is 16.8 Å². The lowest BCUT2D eigenvalue weighted by molar-refractivity contribution is -0.114. The monoisotopic (exact) mass is 500 g/mol. The number of aromatic nitrogens is 1. The molecule has 5 N–H and O–H groups in total. The van der Waals surface area contributed by atoms with Crippen molar-refractivity contribution in [2.24, 2.45) is 0 Å². The summed E-state index contributed by atoms with van der Waals surface area (Å²) >= 11 is 12.1. The summed E-state index contributed by atoms with van der Waals surface area (Å²) < 4.78 is 20.7. The molecule has 1 aromatic heterocycles. The minimum atomic E-state index is -0.719. The summed E-state index contributed by atoms with van der Waals surface area (Å²) in [4.78, 5) is 26.9. The molecular weight excluding hydrogens is 482 g/mol. The number of halogens is 3. The number of hydrogen-bond acceptors (Lipinski definition) is 4. The van der Waals surface area contributed by atoms with Crippen molar-refractivity contribution in [2.75, 3.05) is 11.1 Å². The second kappa shape index (κ2) is 9.62. The average Bonchev–Trinajstić information content (AvgIpc) is 3.18. The zero-order valence-electron chi connectivity index (χ0n) is 17.8. The SMILES string of the molecule is CC(=O)Nc1ccc2[nH]c(C(=O)NCc3ccc(Cl)c(Oc4cc(N)cc(Cl)c4)c3F)cc2c1. The molecule has 0 fully saturated rings. The van der Waals surface area contributed by atoms with Gasteiger partial charge in [0.15, 0.2) is 11.6 Å². The molecule has 0 aliphatic rings. The number of H-pyrrole nitrogens is 1. The zero-order chi connectivity index (χ0) is 24.4. The summed E-state index contributed by atoms with van der Waals surface area (Å²) in [6, 6.07) is 14.3. The fourth-order valence-electron chi connectivity index (χ4n) is 3.37. The molecule has 0 aliphatic carbocycles. The highest BCUT2D eigenvalue weighted by Gasteiger charge is 2.17. The molecule has 0 aliphatic heterocycles. The predicted octanol–water partition coefficient (Wildman–Crippen LogP) is 5.88. The third kappa shape index (κ3) is 5.24. The van der Waals surface area contributed by atoms with Gasteiger partial charge in [-0.1, -0.05) is 29.3 Å². The largest absolute Gasteiger partial charge is 0.453 e. The molecule has 7 nitrogen and oxygen atoms in total. The first-order valence-electron chi connectivity index (χ1n) is 10.1. The lowest BCUT2D eigenvalue weighted by Crippen LogP contribution is -2.23. The number of fused-ring (bicyclic) bond motifs is 1. The summed E-state index contributed by atoms with van der Waals surface area (Å²) in [5, 5.41) is 6.49. The second-order valence-electron chi connectivity index (χ2n) is 7.52. The van der Waals surface area contributed by atoms with Gasteiger partial charge >= 0.3 is 0 Å². The molecule has 174 valence electrons. The van der Waals surface area contributed by atoms with Gasteiger partial charge in [0.1, 0.15) is 11.4 Å². The molecule has 4 rings (SSSR count). The Morgan fingerprint density at radius 3 is 2.62 bits per heavy atom. The Bertz CT molecular complexity index is 1400. The van der Waals surface area contributed by atoms with E-state index in [4.69, 9.17) is 33.7 Å². The van der Waals surface area contributed by atoms with Crippen LogP contribution in [-0.2, 0) is 11.3 Å². The van der Waals surface area contributed by atoms with E-state index in [-0.39, 0.29) is 40.2 Å². The summed E-state index contributed by atoms with van der Waals surface area (Å²) in [5.74, 6) is -1.32. The van der Waals surface area contributed by atoms with Crippen LogP contribution in [0.25, 0.3) is 10.9 Å². The van der Waals surface area contributed by atoms with E-state index in [0.29, 0.717) is 21.9 Å². The van der Waals surface area contributed by atoms with Crippen molar-refractivity contribution in [3.63, 3.8) is 0 Å². The van der Waals surface area contributed by atoms with Crippen LogP contribution in [0.2, 0.25) is 10.0 Å². The molecule has 0 saturated heterocycles. The molecule has 1 heterocycles. The number of nitrogen functional groups attached to an aromatic ring is 1. The molecule has 0 atom stereocenters. The highest BCUT2D eigenvalue weighted by Crippen LogP contribution is 2.35. The Hall–Kier alpha value is -3.75. The van der Waals surface area contributed by atoms with Gasteiger partial charge < -0.3 is 26.1 Å². The summed E-state index contributed by atoms with van der Waals surface area (Å²) in [6.07, 6.45) is 0. The Labute approximate surface area is 204 Å². The molecule has 34 heavy (non-hydrogen) atoms. The quantitative estimate of drug-likeness (QED) is 0.248. The topological polar surface area (TPSA) is 109 Å². The number of hydrogen-bond donors (Lipinski definition) is 4. The van der Waals surface area contributed by atoms with Gasteiger partial charge in [-0.3, -0.25) is 9.59 Å². The van der Waals surface area contributed by atoms with Crippen LogP contribution in [0.15, 0.2) is 54.6 Å². The number of amides is 2. The minimum absolute atomic E-state index is 0.0525. The van der Waals surface area contributed by atoms with Gasteiger partial charge in [-0.25, -0.2) is 4.39 Å². The molecule has 0 saturated carbocycles. The van der Waals surface area contributed by atoms with Gasteiger partial charge in [0.2, 0.25) is 5.91 Å². The predicted molar refractivity (Wildman–Crippen MR) is 131 cm³/mol. The van der Waals surface area contributed by atoms with E-state index in [1.54, 1.807) is 24.3 Å². The number of aromatic amines is 1. The van der Waals surface area contributed by atoms with E-state index in [1.165, 1.54) is 37.3 Å². The molecule has 3 aromatic carbocycles. The molecule has 0 spiro atoms. The van der Waals surface area contributed by atoms with Crippen LogP contribution in [0, 0.1) is 5.82 Å². The van der Waals surface area contributed by atoms with E-state index in [0.717, 1.165) is 5.39 Å². The summed E-state index contributed by atoms with van der Waals surface area (Å²) in [7, 11) is 0. The molecule has 0 radical (unpaired) electrons. The van der Waals surface area contributed by atoms with E-state index in [9.17, 15) is 9.59 Å². The Morgan fingerprint density at radius 1 is 1.09 bits per heavy atom. The summed E-state index contributed by atoms with van der Waals surface area (Å²) in [6.45, 7) is 1.30. The second-order valence-corrected chi connectivity index (χ2v) is 8.36. The molecular formula is C24H19Cl2FN4O3. The maximum absolute atomic E-state index is 15.1. The number of anilines is 2. The fourth-order valence-corrected chi connectivity index (χ4v) is 3.79. The maximum Gasteiger partial charge on any atom is 0.267 e. The van der Waals surface area contributed by atoms with Gasteiger partial charge in [-0.05, 0) is 42.5 Å². The van der Waals surface area contributed by atoms with Crippen molar-refractivity contribution in [1.29, 1.82) is 0 Å². The number of benzene rings is 3. The third-order valence-electron chi connectivity index (χ3n) is 4.87. The molecule has 0 unspecified atom stereocenters. The van der Waals surface area contributed by atoms with Crippen molar-refractivity contribution >= 4 is 57.3 Å². The maximum atomic E-state index is 15.1. The normalized spacial score (nSPS) is 10.8. The summed E-state index contributed by atoms with van der Waals surface area (Å²) in [5.41, 5.74) is 7.89. The number of carbonyl (C=O) groups excluding carboxylic acids is 2. The number of nitrogens with one attached hydrogen (secondary N) is 3. The minimum Gasteiger partial charge on any atom is -0.453 e. The molecule has 10 heteroatoms. The van der Waals surface area contributed by atoms with Gasteiger partial charge in [0, 0.05) is 52.4 Å². The van der Waals surface area contributed by atoms with Gasteiger partial charge in [0.25, 0.3) is 5.91 Å². The molecule has 2 amide bonds. The first kappa shape index (κ1) is 23.4. The fraction of sp³-hybridized carbons (Fsp3) is 0.0833. The number of nitrogens with two attached hydrogens (primary N) is 1. The third-order valence-corrected chi connectivity index (χ3v) is 5.38. The Kier molecular flexibility index (Phi) is 6.63. The van der Waals surface area contributed by atoms with E-state index >= 15 is 4.39 Å². The van der Waals surface area contributed by atoms with Gasteiger partial charge in [-0.15, -0.1) is 0 Å². The molecule has 0 bridgehead atoms. The van der Waals surface area contributed by atoms with Crippen molar-refractivity contribution < 1.29 is 18.7 Å².